The van der Waals surface area contributed by atoms with Gasteiger partial charge in [0.25, 0.3) is 0 Å². The summed E-state index contributed by atoms with van der Waals surface area (Å²) in [6, 6.07) is 7.44. The standard InChI is InChI=1S/C35H37ClFN7O3/c1-7-27(45)42-16-21(6)43(17-20(42)5)32-23-15-24(36)30(28-25(37)9-8-10-26(28)39-34(46)22-11-12-22)40-33(23)44(35(47)41-32)31-19(4)13-14-38-29(31)18(2)3/h7-10,13-15,18,20-22H,1,11-12,16-17H2,2-6H3,(H,39,46)/t20-,21+/m1/s1. The van der Waals surface area contributed by atoms with Gasteiger partial charge in [0.15, 0.2) is 5.65 Å². The first-order valence-electron chi connectivity index (χ1n) is 15.8. The molecule has 0 radical (unpaired) electrons. The minimum atomic E-state index is -0.624. The lowest BCUT2D eigenvalue weighted by Gasteiger charge is -2.44. The number of nitrogens with one attached hydrogen (secondary N) is 1. The fourth-order valence-electron chi connectivity index (χ4n) is 6.28. The molecule has 2 amide bonds. The summed E-state index contributed by atoms with van der Waals surface area (Å²) in [6.07, 6.45) is 4.55. The van der Waals surface area contributed by atoms with Gasteiger partial charge in [0, 0.05) is 37.3 Å². The molecule has 1 aliphatic heterocycles. The minimum absolute atomic E-state index is 0.0243. The number of pyridine rings is 2. The van der Waals surface area contributed by atoms with Gasteiger partial charge in [-0.3, -0.25) is 14.6 Å². The second-order valence-corrected chi connectivity index (χ2v) is 13.1. The van der Waals surface area contributed by atoms with Crippen LogP contribution in [0.4, 0.5) is 15.9 Å². The van der Waals surface area contributed by atoms with E-state index in [0.717, 1.165) is 18.4 Å². The Bertz CT molecular complexity index is 1990. The van der Waals surface area contributed by atoms with Crippen LogP contribution in [0, 0.1) is 18.7 Å². The molecule has 10 nitrogen and oxygen atoms in total. The molecule has 1 saturated heterocycles. The molecule has 4 aromatic rings. The summed E-state index contributed by atoms with van der Waals surface area (Å²) in [5, 5.41) is 3.44. The van der Waals surface area contributed by atoms with Gasteiger partial charge in [0.2, 0.25) is 11.8 Å². The van der Waals surface area contributed by atoms with Crippen LogP contribution in [0.1, 0.15) is 57.7 Å². The van der Waals surface area contributed by atoms with Gasteiger partial charge in [-0.25, -0.2) is 18.7 Å². The Balaban J connectivity index is 1.63. The van der Waals surface area contributed by atoms with Crippen molar-refractivity contribution >= 4 is 46.0 Å². The lowest BCUT2D eigenvalue weighted by molar-refractivity contribution is -0.128. The van der Waals surface area contributed by atoms with Crippen molar-refractivity contribution in [3.8, 4) is 16.9 Å². The third kappa shape index (κ3) is 5.88. The molecular weight excluding hydrogens is 621 g/mol. The second kappa shape index (κ2) is 12.5. The van der Waals surface area contributed by atoms with Gasteiger partial charge in [-0.2, -0.15) is 4.98 Å². The first-order valence-corrected chi connectivity index (χ1v) is 16.2. The fraction of sp³-hybridized carbons (Fsp3) is 0.371. The average Bonchev–Trinajstić information content (AvgIpc) is 3.88. The average molecular weight is 658 g/mol. The molecule has 0 spiro atoms. The minimum Gasteiger partial charge on any atom is -0.349 e. The normalized spacial score (nSPS) is 18.1. The summed E-state index contributed by atoms with van der Waals surface area (Å²) in [4.78, 5) is 57.4. The molecule has 2 aliphatic rings. The predicted molar refractivity (Wildman–Crippen MR) is 182 cm³/mol. The predicted octanol–water partition coefficient (Wildman–Crippen LogP) is 6.03. The number of hydrogen-bond acceptors (Lipinski definition) is 7. The van der Waals surface area contributed by atoms with Gasteiger partial charge in [-0.15, -0.1) is 0 Å². The Kier molecular flexibility index (Phi) is 8.61. The monoisotopic (exact) mass is 657 g/mol. The first-order chi connectivity index (χ1) is 22.4. The quantitative estimate of drug-likeness (QED) is 0.242. The Labute approximate surface area is 277 Å². The van der Waals surface area contributed by atoms with Crippen molar-refractivity contribution in [1.29, 1.82) is 0 Å². The maximum Gasteiger partial charge on any atom is 0.355 e. The molecule has 4 heterocycles. The number of nitrogens with zero attached hydrogens (tertiary/aromatic N) is 6. The highest BCUT2D eigenvalue weighted by Gasteiger charge is 2.35. The molecule has 47 heavy (non-hydrogen) atoms. The van der Waals surface area contributed by atoms with E-state index in [0.29, 0.717) is 35.7 Å². The highest BCUT2D eigenvalue weighted by molar-refractivity contribution is 6.34. The Morgan fingerprint density at radius 1 is 1.13 bits per heavy atom. The van der Waals surface area contributed by atoms with E-state index in [1.54, 1.807) is 23.2 Å². The summed E-state index contributed by atoms with van der Waals surface area (Å²) in [5.41, 5.74) is 1.95. The summed E-state index contributed by atoms with van der Waals surface area (Å²) in [6.45, 7) is 14.1. The van der Waals surface area contributed by atoms with Gasteiger partial charge in [-0.1, -0.05) is 38.1 Å². The highest BCUT2D eigenvalue weighted by Crippen LogP contribution is 2.40. The molecule has 1 aromatic carbocycles. The lowest BCUT2D eigenvalue weighted by atomic mass is 10.0. The zero-order valence-corrected chi connectivity index (χ0v) is 27.8. The largest absolute Gasteiger partial charge is 0.355 e. The molecule has 244 valence electrons. The van der Waals surface area contributed by atoms with Crippen LogP contribution in [0.3, 0.4) is 0 Å². The fourth-order valence-corrected chi connectivity index (χ4v) is 6.53. The van der Waals surface area contributed by atoms with E-state index in [1.165, 1.54) is 22.8 Å². The summed E-state index contributed by atoms with van der Waals surface area (Å²) < 4.78 is 17.1. The number of benzene rings is 1. The molecule has 2 fully saturated rings. The zero-order chi connectivity index (χ0) is 33.7. The van der Waals surface area contributed by atoms with Gasteiger partial charge in [0.1, 0.15) is 11.6 Å². The number of amides is 2. The number of aromatic nitrogens is 4. The van der Waals surface area contributed by atoms with Gasteiger partial charge in [-0.05, 0) is 75.4 Å². The van der Waals surface area contributed by atoms with Crippen molar-refractivity contribution in [3.05, 3.63) is 81.8 Å². The topological polar surface area (TPSA) is 113 Å². The number of carbonyl (C=O) groups excluding carboxylic acids is 2. The SMILES string of the molecule is C=CC(=O)N1C[C@H](C)N(c2nc(=O)n(-c3c(C)ccnc3C(C)C)c3nc(-c4c(F)cccc4NC(=O)C4CC4)c(Cl)cc23)C[C@H]1C. The van der Waals surface area contributed by atoms with E-state index in [1.807, 2.05) is 45.6 Å². The Morgan fingerprint density at radius 3 is 2.55 bits per heavy atom. The molecule has 1 saturated carbocycles. The van der Waals surface area contributed by atoms with E-state index in [9.17, 15) is 14.4 Å². The first kappa shape index (κ1) is 32.3. The van der Waals surface area contributed by atoms with Crippen LogP contribution in [0.15, 0.2) is 54.0 Å². The number of anilines is 2. The van der Waals surface area contributed by atoms with Gasteiger partial charge < -0.3 is 15.1 Å². The number of carbonyl (C=O) groups is 2. The van der Waals surface area contributed by atoms with Gasteiger partial charge >= 0.3 is 5.69 Å². The lowest BCUT2D eigenvalue weighted by Crippen LogP contribution is -2.58. The van der Waals surface area contributed by atoms with Crippen molar-refractivity contribution in [2.75, 3.05) is 23.3 Å². The second-order valence-electron chi connectivity index (χ2n) is 12.7. The molecule has 1 N–H and O–H groups in total. The van der Waals surface area contributed by atoms with Crippen LogP contribution in [-0.2, 0) is 9.59 Å². The van der Waals surface area contributed by atoms with Crippen LogP contribution in [0.5, 0.6) is 0 Å². The smallest absolute Gasteiger partial charge is 0.349 e. The van der Waals surface area contributed by atoms with E-state index in [-0.39, 0.29) is 63.3 Å². The van der Waals surface area contributed by atoms with E-state index in [2.05, 4.69) is 21.9 Å². The van der Waals surface area contributed by atoms with E-state index in [4.69, 9.17) is 16.6 Å². The summed E-state index contributed by atoms with van der Waals surface area (Å²) in [5.74, 6) is -0.793. The molecule has 2 atom stereocenters. The number of aryl methyl sites for hydroxylation is 1. The van der Waals surface area contributed by atoms with E-state index >= 15 is 4.39 Å². The number of halogens is 2. The van der Waals surface area contributed by atoms with Crippen LogP contribution >= 0.6 is 11.6 Å². The van der Waals surface area contributed by atoms with Crippen LogP contribution < -0.4 is 15.9 Å². The summed E-state index contributed by atoms with van der Waals surface area (Å²) >= 11 is 6.95. The number of fused-ring (bicyclic) bond motifs is 1. The third-order valence-corrected chi connectivity index (χ3v) is 9.19. The number of hydrogen-bond donors (Lipinski definition) is 1. The van der Waals surface area contributed by atoms with Crippen LogP contribution in [0.2, 0.25) is 5.02 Å². The van der Waals surface area contributed by atoms with Crippen molar-refractivity contribution in [3.63, 3.8) is 0 Å². The van der Waals surface area contributed by atoms with Crippen molar-refractivity contribution in [1.82, 2.24) is 24.4 Å². The zero-order valence-electron chi connectivity index (χ0n) is 27.1. The Hall–Kier alpha value is -4.64. The molecule has 6 rings (SSSR count). The maximum absolute atomic E-state index is 15.7. The molecule has 3 aromatic heterocycles. The summed E-state index contributed by atoms with van der Waals surface area (Å²) in [7, 11) is 0. The van der Waals surface area contributed by atoms with Gasteiger partial charge in [0.05, 0.1) is 38.7 Å². The highest BCUT2D eigenvalue weighted by atomic mass is 35.5. The third-order valence-electron chi connectivity index (χ3n) is 8.90. The van der Waals surface area contributed by atoms with Crippen molar-refractivity contribution < 1.29 is 14.0 Å². The molecule has 12 heteroatoms. The molecule has 0 bridgehead atoms. The van der Waals surface area contributed by atoms with Crippen molar-refractivity contribution in [2.24, 2.45) is 5.92 Å². The van der Waals surface area contributed by atoms with Crippen LogP contribution in [0.25, 0.3) is 28.0 Å². The maximum atomic E-state index is 15.7. The number of piperazine rings is 1. The molecular formula is C35H37ClFN7O3. The Morgan fingerprint density at radius 2 is 1.87 bits per heavy atom. The van der Waals surface area contributed by atoms with Crippen molar-refractivity contribution in [2.45, 2.75) is 65.5 Å². The number of rotatable bonds is 7. The molecule has 1 aliphatic carbocycles. The van der Waals surface area contributed by atoms with E-state index < -0.39 is 11.5 Å². The van der Waals surface area contributed by atoms with Crippen LogP contribution in [-0.4, -0.2) is 61.4 Å². The molecule has 0 unspecified atom stereocenters.